The van der Waals surface area contributed by atoms with Gasteiger partial charge in [0.05, 0.1) is 12.1 Å². The highest BCUT2D eigenvalue weighted by Crippen LogP contribution is 2.21. The minimum atomic E-state index is -0.0729. The van der Waals surface area contributed by atoms with Crippen molar-refractivity contribution in [1.82, 2.24) is 10.3 Å². The molecule has 5 nitrogen and oxygen atoms in total. The zero-order chi connectivity index (χ0) is 18.5. The monoisotopic (exact) mass is 349 g/mol. The highest BCUT2D eigenvalue weighted by atomic mass is 16.4. The third-order valence-electron chi connectivity index (χ3n) is 4.16. The summed E-state index contributed by atoms with van der Waals surface area (Å²) in [5.74, 6) is 1.15. The molecule has 5 heteroatoms. The van der Waals surface area contributed by atoms with Gasteiger partial charge in [0.1, 0.15) is 5.76 Å². The number of nitrogens with one attached hydrogen (secondary N) is 1. The summed E-state index contributed by atoms with van der Waals surface area (Å²) in [7, 11) is 3.99. The fraction of sp³-hybridized carbons (Fsp3) is 0.238. The topological polar surface area (TPSA) is 58.4 Å². The summed E-state index contributed by atoms with van der Waals surface area (Å²) in [5.41, 5.74) is 3.74. The van der Waals surface area contributed by atoms with E-state index in [0.717, 1.165) is 16.8 Å². The normalized spacial score (nSPS) is 10.6. The second kappa shape index (κ2) is 7.87. The number of hydrogen-bond donors (Lipinski definition) is 1. The van der Waals surface area contributed by atoms with Gasteiger partial charge in [-0.3, -0.25) is 4.79 Å². The van der Waals surface area contributed by atoms with Crippen LogP contribution >= 0.6 is 0 Å². The Bertz CT molecular complexity index is 885. The van der Waals surface area contributed by atoms with E-state index in [1.54, 1.807) is 0 Å². The molecule has 0 saturated carbocycles. The first kappa shape index (κ1) is 17.7. The van der Waals surface area contributed by atoms with Crippen LogP contribution in [0.2, 0.25) is 0 Å². The molecular formula is C21H23N3O2. The van der Waals surface area contributed by atoms with Crippen LogP contribution in [0.1, 0.15) is 17.0 Å². The van der Waals surface area contributed by atoms with E-state index in [0.29, 0.717) is 23.9 Å². The van der Waals surface area contributed by atoms with Gasteiger partial charge in [0.25, 0.3) is 0 Å². The molecule has 0 bridgehead atoms. The molecule has 0 spiro atoms. The SMILES string of the molecule is Cc1oc(-c2ccccc2)nc1CC(=O)NCc1cccc(N(C)C)c1. The van der Waals surface area contributed by atoms with Crippen LogP contribution in [0.25, 0.3) is 11.5 Å². The molecule has 1 N–H and O–H groups in total. The van der Waals surface area contributed by atoms with Crippen LogP contribution in [0.3, 0.4) is 0 Å². The molecule has 26 heavy (non-hydrogen) atoms. The number of nitrogens with zero attached hydrogens (tertiary/aromatic N) is 2. The Kier molecular flexibility index (Phi) is 5.37. The standard InChI is InChI=1S/C21H23N3O2/c1-15-19(23-21(26-15)17-9-5-4-6-10-17)13-20(25)22-14-16-8-7-11-18(12-16)24(2)3/h4-12H,13-14H2,1-3H3,(H,22,25). The maximum Gasteiger partial charge on any atom is 0.226 e. The molecule has 0 radical (unpaired) electrons. The molecule has 1 heterocycles. The van der Waals surface area contributed by atoms with Crippen molar-refractivity contribution in [3.63, 3.8) is 0 Å². The van der Waals surface area contributed by atoms with Crippen LogP contribution in [-0.4, -0.2) is 25.0 Å². The van der Waals surface area contributed by atoms with Crippen molar-refractivity contribution in [2.75, 3.05) is 19.0 Å². The first-order valence-electron chi connectivity index (χ1n) is 8.57. The minimum absolute atomic E-state index is 0.0729. The van der Waals surface area contributed by atoms with Crippen molar-refractivity contribution in [3.8, 4) is 11.5 Å². The molecule has 3 aromatic rings. The lowest BCUT2D eigenvalue weighted by Gasteiger charge is -2.13. The largest absolute Gasteiger partial charge is 0.441 e. The molecule has 1 aromatic heterocycles. The number of aryl methyl sites for hydroxylation is 1. The smallest absolute Gasteiger partial charge is 0.226 e. The van der Waals surface area contributed by atoms with Gasteiger partial charge in [-0.1, -0.05) is 30.3 Å². The quantitative estimate of drug-likeness (QED) is 0.739. The molecule has 3 rings (SSSR count). The number of carbonyl (C=O) groups excluding carboxylic acids is 1. The minimum Gasteiger partial charge on any atom is -0.441 e. The second-order valence-corrected chi connectivity index (χ2v) is 6.41. The van der Waals surface area contributed by atoms with Crippen molar-refractivity contribution in [3.05, 3.63) is 71.6 Å². The van der Waals surface area contributed by atoms with Gasteiger partial charge in [-0.25, -0.2) is 4.98 Å². The van der Waals surface area contributed by atoms with Crippen LogP contribution in [0.4, 0.5) is 5.69 Å². The average Bonchev–Trinajstić information content (AvgIpc) is 3.01. The molecule has 0 aliphatic rings. The lowest BCUT2D eigenvalue weighted by molar-refractivity contribution is -0.120. The van der Waals surface area contributed by atoms with E-state index in [4.69, 9.17) is 4.42 Å². The number of aromatic nitrogens is 1. The van der Waals surface area contributed by atoms with Gasteiger partial charge in [0.2, 0.25) is 11.8 Å². The van der Waals surface area contributed by atoms with E-state index in [1.807, 2.05) is 74.4 Å². The van der Waals surface area contributed by atoms with Crippen LogP contribution in [0.5, 0.6) is 0 Å². The Balaban J connectivity index is 1.62. The Morgan fingerprint density at radius 3 is 2.62 bits per heavy atom. The summed E-state index contributed by atoms with van der Waals surface area (Å²) in [6.45, 7) is 2.32. The molecular weight excluding hydrogens is 326 g/mol. The zero-order valence-corrected chi connectivity index (χ0v) is 15.3. The van der Waals surface area contributed by atoms with Crippen LogP contribution in [-0.2, 0) is 17.8 Å². The molecule has 0 fully saturated rings. The third kappa shape index (κ3) is 4.30. The van der Waals surface area contributed by atoms with E-state index < -0.39 is 0 Å². The van der Waals surface area contributed by atoms with Gasteiger partial charge in [-0.2, -0.15) is 0 Å². The molecule has 1 amide bonds. The van der Waals surface area contributed by atoms with Gasteiger partial charge in [-0.15, -0.1) is 0 Å². The average molecular weight is 349 g/mol. The zero-order valence-electron chi connectivity index (χ0n) is 15.3. The van der Waals surface area contributed by atoms with Crippen molar-refractivity contribution in [2.45, 2.75) is 19.9 Å². The van der Waals surface area contributed by atoms with Crippen molar-refractivity contribution >= 4 is 11.6 Å². The van der Waals surface area contributed by atoms with Crippen LogP contribution < -0.4 is 10.2 Å². The van der Waals surface area contributed by atoms with Crippen LogP contribution in [0.15, 0.2) is 59.0 Å². The van der Waals surface area contributed by atoms with Gasteiger partial charge < -0.3 is 14.6 Å². The van der Waals surface area contributed by atoms with Crippen LogP contribution in [0, 0.1) is 6.92 Å². The summed E-state index contributed by atoms with van der Waals surface area (Å²) in [4.78, 5) is 18.8. The fourth-order valence-electron chi connectivity index (χ4n) is 2.66. The second-order valence-electron chi connectivity index (χ2n) is 6.41. The van der Waals surface area contributed by atoms with Gasteiger partial charge in [-0.05, 0) is 36.8 Å². The lowest BCUT2D eigenvalue weighted by atomic mass is 10.2. The number of oxazole rings is 1. The van der Waals surface area contributed by atoms with Gasteiger partial charge in [0, 0.05) is 31.9 Å². The van der Waals surface area contributed by atoms with Crippen molar-refractivity contribution in [1.29, 1.82) is 0 Å². The summed E-state index contributed by atoms with van der Waals surface area (Å²) in [6.07, 6.45) is 0.204. The molecule has 134 valence electrons. The Morgan fingerprint density at radius 2 is 1.88 bits per heavy atom. The summed E-state index contributed by atoms with van der Waals surface area (Å²) in [5, 5.41) is 2.95. The van der Waals surface area contributed by atoms with E-state index in [9.17, 15) is 4.79 Å². The Hall–Kier alpha value is -3.08. The summed E-state index contributed by atoms with van der Waals surface area (Å²) < 4.78 is 5.71. The third-order valence-corrected chi connectivity index (χ3v) is 4.16. The first-order chi connectivity index (χ1) is 12.5. The highest BCUT2D eigenvalue weighted by Gasteiger charge is 2.14. The molecule has 0 unspecified atom stereocenters. The first-order valence-corrected chi connectivity index (χ1v) is 8.57. The maximum atomic E-state index is 12.3. The van der Waals surface area contributed by atoms with Gasteiger partial charge >= 0.3 is 0 Å². The maximum absolute atomic E-state index is 12.3. The summed E-state index contributed by atoms with van der Waals surface area (Å²) >= 11 is 0. The van der Waals surface area contributed by atoms with E-state index in [-0.39, 0.29) is 12.3 Å². The molecule has 0 atom stereocenters. The molecule has 0 aliphatic carbocycles. The predicted molar refractivity (Wildman–Crippen MR) is 103 cm³/mol. The number of carbonyl (C=O) groups is 1. The van der Waals surface area contributed by atoms with E-state index in [2.05, 4.69) is 16.4 Å². The number of anilines is 1. The van der Waals surface area contributed by atoms with Gasteiger partial charge in [0.15, 0.2) is 0 Å². The highest BCUT2D eigenvalue weighted by molar-refractivity contribution is 5.78. The number of amides is 1. The predicted octanol–water partition coefficient (Wildman–Crippen LogP) is 3.57. The van der Waals surface area contributed by atoms with Crippen molar-refractivity contribution in [2.24, 2.45) is 0 Å². The Labute approximate surface area is 153 Å². The number of hydrogen-bond acceptors (Lipinski definition) is 4. The molecule has 2 aromatic carbocycles. The molecule has 0 aliphatic heterocycles. The van der Waals surface area contributed by atoms with E-state index in [1.165, 1.54) is 0 Å². The van der Waals surface area contributed by atoms with E-state index >= 15 is 0 Å². The number of rotatable bonds is 6. The van der Waals surface area contributed by atoms with Crippen molar-refractivity contribution < 1.29 is 9.21 Å². The fourth-order valence-corrected chi connectivity index (χ4v) is 2.66. The number of benzene rings is 2. The molecule has 0 saturated heterocycles. The summed E-state index contributed by atoms with van der Waals surface area (Å²) in [6, 6.07) is 17.8. The Morgan fingerprint density at radius 1 is 1.12 bits per heavy atom. The lowest BCUT2D eigenvalue weighted by Crippen LogP contribution is -2.25.